The van der Waals surface area contributed by atoms with Gasteiger partial charge in [0.1, 0.15) is 0 Å². The van der Waals surface area contributed by atoms with E-state index in [0.29, 0.717) is 0 Å². The Kier molecular flexibility index (Phi) is 3.52. The lowest BCUT2D eigenvalue weighted by molar-refractivity contribution is 1.57. The molecule has 1 aromatic heterocycles. The van der Waals surface area contributed by atoms with Crippen molar-refractivity contribution >= 4 is 22.1 Å². The number of fused-ring (bicyclic) bond motifs is 1. The summed E-state index contributed by atoms with van der Waals surface area (Å²) in [4.78, 5) is 13.2. The van der Waals surface area contributed by atoms with E-state index in [1.807, 2.05) is 72.8 Å². The van der Waals surface area contributed by atoms with Crippen LogP contribution in [-0.4, -0.2) is 0 Å². The quantitative estimate of drug-likeness (QED) is 0.471. The fourth-order valence-electron chi connectivity index (χ4n) is 2.80. The van der Waals surface area contributed by atoms with Crippen molar-refractivity contribution in [2.24, 2.45) is 0 Å². The van der Waals surface area contributed by atoms with Crippen LogP contribution in [0.15, 0.2) is 88.4 Å². The highest BCUT2D eigenvalue weighted by atomic mass is 32.1. The predicted molar refractivity (Wildman–Crippen MR) is 99.0 cm³/mol. The lowest BCUT2D eigenvalue weighted by Crippen LogP contribution is -2.04. The number of benzene rings is 2. The van der Waals surface area contributed by atoms with Crippen molar-refractivity contribution in [2.45, 2.75) is 0 Å². The van der Waals surface area contributed by atoms with Crippen LogP contribution in [0, 0.1) is 0 Å². The topological polar surface area (TPSA) is 17.1 Å². The third-order valence-electron chi connectivity index (χ3n) is 3.98. The lowest BCUT2D eigenvalue weighted by atomic mass is 10.0. The van der Waals surface area contributed by atoms with Crippen LogP contribution in [0.25, 0.3) is 33.0 Å². The summed E-state index contributed by atoms with van der Waals surface area (Å²) in [5.74, 6) is 0. The van der Waals surface area contributed by atoms with Crippen LogP contribution in [0.3, 0.4) is 0 Å². The van der Waals surface area contributed by atoms with Crippen LogP contribution in [0.4, 0.5) is 0 Å². The van der Waals surface area contributed by atoms with Crippen LogP contribution in [0.5, 0.6) is 0 Å². The molecule has 0 saturated heterocycles. The largest absolute Gasteiger partial charge is 0.289 e. The molecule has 1 nitrogen and oxygen atoms in total. The van der Waals surface area contributed by atoms with Crippen LogP contribution in [0.2, 0.25) is 0 Å². The SMILES string of the molecule is O=c1c(-c2ccccc2)cc2cscc2cc1-c1ccccc1. The molecule has 0 radical (unpaired) electrons. The summed E-state index contributed by atoms with van der Waals surface area (Å²) in [5.41, 5.74) is 3.48. The van der Waals surface area contributed by atoms with E-state index in [1.165, 1.54) is 0 Å². The summed E-state index contributed by atoms with van der Waals surface area (Å²) in [6.07, 6.45) is 0. The minimum absolute atomic E-state index is 0.0728. The zero-order chi connectivity index (χ0) is 15.6. The molecule has 1 heterocycles. The van der Waals surface area contributed by atoms with Crippen molar-refractivity contribution in [2.75, 3.05) is 0 Å². The Morgan fingerprint density at radius 3 is 1.48 bits per heavy atom. The van der Waals surface area contributed by atoms with Gasteiger partial charge in [-0.3, -0.25) is 4.79 Å². The van der Waals surface area contributed by atoms with Crippen LogP contribution < -0.4 is 5.43 Å². The van der Waals surface area contributed by atoms with E-state index in [9.17, 15) is 4.79 Å². The number of thiophene rings is 1. The third-order valence-corrected chi connectivity index (χ3v) is 4.76. The first kappa shape index (κ1) is 13.9. The summed E-state index contributed by atoms with van der Waals surface area (Å²) in [6.45, 7) is 0. The molecule has 23 heavy (non-hydrogen) atoms. The first-order valence-electron chi connectivity index (χ1n) is 7.48. The number of hydrogen-bond donors (Lipinski definition) is 0. The number of hydrogen-bond acceptors (Lipinski definition) is 2. The molecular weight excluding hydrogens is 300 g/mol. The van der Waals surface area contributed by atoms with Gasteiger partial charge in [0, 0.05) is 11.1 Å². The van der Waals surface area contributed by atoms with Gasteiger partial charge in [-0.25, -0.2) is 0 Å². The minimum atomic E-state index is 0.0728. The Hall–Kier alpha value is -2.71. The lowest BCUT2D eigenvalue weighted by Gasteiger charge is -2.01. The van der Waals surface area contributed by atoms with Gasteiger partial charge in [-0.1, -0.05) is 60.7 Å². The average Bonchev–Trinajstić information content (AvgIpc) is 3.00. The summed E-state index contributed by atoms with van der Waals surface area (Å²) in [5, 5.41) is 6.40. The monoisotopic (exact) mass is 314 g/mol. The molecule has 3 aromatic carbocycles. The smallest absolute Gasteiger partial charge is 0.194 e. The highest BCUT2D eigenvalue weighted by molar-refractivity contribution is 7.09. The fourth-order valence-corrected chi connectivity index (χ4v) is 3.57. The molecule has 0 fully saturated rings. The van der Waals surface area contributed by atoms with Gasteiger partial charge < -0.3 is 0 Å². The van der Waals surface area contributed by atoms with Crippen molar-refractivity contribution < 1.29 is 0 Å². The maximum Gasteiger partial charge on any atom is 0.194 e. The van der Waals surface area contributed by atoms with Crippen LogP contribution in [-0.2, 0) is 0 Å². The first-order valence-corrected chi connectivity index (χ1v) is 8.42. The van der Waals surface area contributed by atoms with Gasteiger partial charge in [0.15, 0.2) is 5.43 Å². The van der Waals surface area contributed by atoms with Gasteiger partial charge in [-0.2, -0.15) is 11.3 Å². The van der Waals surface area contributed by atoms with Crippen molar-refractivity contribution in [3.05, 3.63) is 93.8 Å². The second-order valence-corrected chi connectivity index (χ2v) is 6.20. The summed E-state index contributed by atoms with van der Waals surface area (Å²) in [6, 6.07) is 23.8. The van der Waals surface area contributed by atoms with Gasteiger partial charge >= 0.3 is 0 Å². The van der Waals surface area contributed by atoms with Gasteiger partial charge in [-0.05, 0) is 44.8 Å². The second kappa shape index (κ2) is 5.82. The average molecular weight is 314 g/mol. The first-order chi connectivity index (χ1) is 11.3. The molecule has 4 aromatic rings. The fraction of sp³-hybridized carbons (Fsp3) is 0. The van der Waals surface area contributed by atoms with Gasteiger partial charge in [0.05, 0.1) is 0 Å². The Bertz CT molecular complexity index is 938. The molecule has 0 unspecified atom stereocenters. The van der Waals surface area contributed by atoms with E-state index >= 15 is 0 Å². The maximum absolute atomic E-state index is 13.2. The normalized spacial score (nSPS) is 10.8. The molecule has 4 rings (SSSR count). The van der Waals surface area contributed by atoms with Crippen LogP contribution >= 0.6 is 11.3 Å². The van der Waals surface area contributed by atoms with Crippen molar-refractivity contribution in [3.8, 4) is 22.3 Å². The number of rotatable bonds is 2. The molecular formula is C21H14OS. The molecule has 110 valence electrons. The predicted octanol–water partition coefficient (Wildman–Crippen LogP) is 5.60. The zero-order valence-electron chi connectivity index (χ0n) is 12.4. The van der Waals surface area contributed by atoms with E-state index in [-0.39, 0.29) is 5.43 Å². The molecule has 0 N–H and O–H groups in total. The summed E-state index contributed by atoms with van der Waals surface area (Å²) < 4.78 is 0. The standard InChI is InChI=1S/C21H14OS/c22-21-19(15-7-3-1-4-8-15)11-17-13-23-14-18(17)12-20(21)16-9-5-2-6-10-16/h1-14H. The Morgan fingerprint density at radius 2 is 1.04 bits per heavy atom. The Balaban J connectivity index is 2.11. The minimum Gasteiger partial charge on any atom is -0.289 e. The maximum atomic E-state index is 13.2. The van der Waals surface area contributed by atoms with Crippen LogP contribution in [0.1, 0.15) is 0 Å². The van der Waals surface area contributed by atoms with Gasteiger partial charge in [0.25, 0.3) is 0 Å². The molecule has 0 bridgehead atoms. The van der Waals surface area contributed by atoms with E-state index in [2.05, 4.69) is 10.8 Å². The van der Waals surface area contributed by atoms with E-state index in [1.54, 1.807) is 11.3 Å². The van der Waals surface area contributed by atoms with Crippen molar-refractivity contribution in [1.29, 1.82) is 0 Å². The molecule has 0 aliphatic rings. The Morgan fingerprint density at radius 1 is 0.609 bits per heavy atom. The molecule has 0 atom stereocenters. The molecule has 0 saturated carbocycles. The highest BCUT2D eigenvalue weighted by Crippen LogP contribution is 2.27. The van der Waals surface area contributed by atoms with Crippen molar-refractivity contribution in [3.63, 3.8) is 0 Å². The molecule has 0 amide bonds. The molecule has 0 spiro atoms. The van der Waals surface area contributed by atoms with Gasteiger partial charge in [0.2, 0.25) is 0 Å². The summed E-state index contributed by atoms with van der Waals surface area (Å²) in [7, 11) is 0. The van der Waals surface area contributed by atoms with E-state index in [4.69, 9.17) is 0 Å². The highest BCUT2D eigenvalue weighted by Gasteiger charge is 2.10. The second-order valence-electron chi connectivity index (χ2n) is 5.46. The molecule has 0 aliphatic carbocycles. The van der Waals surface area contributed by atoms with E-state index in [0.717, 1.165) is 33.0 Å². The third kappa shape index (κ3) is 2.58. The Labute approximate surface area is 138 Å². The molecule has 0 aliphatic heterocycles. The van der Waals surface area contributed by atoms with Crippen molar-refractivity contribution in [1.82, 2.24) is 0 Å². The molecule has 2 heteroatoms. The zero-order valence-corrected chi connectivity index (χ0v) is 13.2. The van der Waals surface area contributed by atoms with E-state index < -0.39 is 0 Å². The summed E-state index contributed by atoms with van der Waals surface area (Å²) >= 11 is 1.66. The van der Waals surface area contributed by atoms with Gasteiger partial charge in [-0.15, -0.1) is 0 Å².